The lowest BCUT2D eigenvalue weighted by Gasteiger charge is -2.42. The number of aromatic hydroxyl groups is 1. The number of halogens is 5. The first-order chi connectivity index (χ1) is 13.6. The number of alkyl halides is 3. The van der Waals surface area contributed by atoms with Crippen LogP contribution in [0.25, 0.3) is 0 Å². The molecule has 0 aliphatic heterocycles. The molecule has 1 aliphatic rings. The Morgan fingerprint density at radius 3 is 2.24 bits per heavy atom. The van der Waals surface area contributed by atoms with Gasteiger partial charge in [0, 0.05) is 5.41 Å². The third-order valence-electron chi connectivity index (χ3n) is 5.73. The minimum atomic E-state index is -4.22. The molecule has 2 aromatic carbocycles. The van der Waals surface area contributed by atoms with Crippen LogP contribution in [0.2, 0.25) is 5.02 Å². The van der Waals surface area contributed by atoms with E-state index in [0.29, 0.717) is 9.13 Å². The van der Waals surface area contributed by atoms with E-state index >= 15 is 0 Å². The van der Waals surface area contributed by atoms with Gasteiger partial charge in [0.2, 0.25) is 0 Å². The van der Waals surface area contributed by atoms with Crippen molar-refractivity contribution in [2.45, 2.75) is 37.3 Å². The van der Waals surface area contributed by atoms with E-state index in [0.717, 1.165) is 11.1 Å². The molecule has 0 heterocycles. The van der Waals surface area contributed by atoms with Gasteiger partial charge in [-0.05, 0) is 83.7 Å². The van der Waals surface area contributed by atoms with E-state index in [-0.39, 0.29) is 36.5 Å². The second kappa shape index (κ2) is 8.34. The molecule has 0 spiro atoms. The van der Waals surface area contributed by atoms with Crippen molar-refractivity contribution < 1.29 is 27.8 Å². The second-order valence-electron chi connectivity index (χ2n) is 7.26. The lowest BCUT2D eigenvalue weighted by atomic mass is 9.63. The smallest absolute Gasteiger partial charge is 0.391 e. The summed E-state index contributed by atoms with van der Waals surface area (Å²) in [5.41, 5.74) is 1.25. The van der Waals surface area contributed by atoms with Crippen LogP contribution < -0.4 is 0 Å². The van der Waals surface area contributed by atoms with E-state index in [1.807, 2.05) is 22.6 Å². The molecule has 8 heteroatoms. The maximum Gasteiger partial charge on any atom is 0.391 e. The molecule has 0 atom stereocenters. The molecule has 3 rings (SSSR count). The number of carbonyl (C=O) groups excluding carboxylic acids is 1. The van der Waals surface area contributed by atoms with Crippen LogP contribution in [0.4, 0.5) is 13.2 Å². The Labute approximate surface area is 185 Å². The van der Waals surface area contributed by atoms with Gasteiger partial charge in [-0.2, -0.15) is 13.2 Å². The summed E-state index contributed by atoms with van der Waals surface area (Å²) in [6.45, 7) is 0. The highest BCUT2D eigenvalue weighted by atomic mass is 127. The van der Waals surface area contributed by atoms with Gasteiger partial charge < -0.3 is 9.84 Å². The number of benzene rings is 2. The lowest BCUT2D eigenvalue weighted by molar-refractivity contribution is -0.184. The van der Waals surface area contributed by atoms with E-state index in [4.69, 9.17) is 16.3 Å². The van der Waals surface area contributed by atoms with Gasteiger partial charge in [0.1, 0.15) is 5.75 Å². The molecule has 0 aromatic heterocycles. The Hall–Kier alpha value is -1.48. The highest BCUT2D eigenvalue weighted by Crippen LogP contribution is 2.51. The van der Waals surface area contributed by atoms with Crippen molar-refractivity contribution in [1.82, 2.24) is 0 Å². The number of phenolic OH excluding ortho intramolecular Hbond substituents is 1. The van der Waals surface area contributed by atoms with Gasteiger partial charge in [0.25, 0.3) is 0 Å². The maximum atomic E-state index is 13.3. The fraction of sp³-hybridized carbons (Fsp3) is 0.381. The van der Waals surface area contributed by atoms with Crippen molar-refractivity contribution in [1.29, 1.82) is 0 Å². The third kappa shape index (κ3) is 4.35. The molecule has 29 heavy (non-hydrogen) atoms. The van der Waals surface area contributed by atoms with Crippen molar-refractivity contribution in [3.8, 4) is 5.75 Å². The van der Waals surface area contributed by atoms with E-state index in [1.54, 1.807) is 36.4 Å². The van der Waals surface area contributed by atoms with Gasteiger partial charge in [0.05, 0.1) is 27.2 Å². The molecular formula is C21H19ClF3IO3. The highest BCUT2D eigenvalue weighted by Gasteiger charge is 2.47. The zero-order valence-electron chi connectivity index (χ0n) is 15.5. The van der Waals surface area contributed by atoms with Crippen LogP contribution in [0.1, 0.15) is 47.2 Å². The predicted octanol–water partition coefficient (Wildman–Crippen LogP) is 6.48. The monoisotopic (exact) mass is 538 g/mol. The molecule has 1 fully saturated rings. The number of rotatable bonds is 3. The quantitative estimate of drug-likeness (QED) is 0.360. The Bertz CT molecular complexity index is 881. The summed E-state index contributed by atoms with van der Waals surface area (Å²) in [7, 11) is 1.29. The maximum absolute atomic E-state index is 13.3. The number of hydrogen-bond donors (Lipinski definition) is 1. The topological polar surface area (TPSA) is 46.5 Å². The standard InChI is InChI=1S/C21H19ClF3IO3/c1-29-19(28)12-2-4-13(5-3-12)20(8-6-14(7-9-20)21(23,24)25)15-10-16(22)18(27)17(26)11-15/h2-5,10-11,14,27H,6-9H2,1H3. The first-order valence-electron chi connectivity index (χ1n) is 9.02. The molecule has 0 bridgehead atoms. The Morgan fingerprint density at radius 1 is 1.17 bits per heavy atom. The molecule has 0 unspecified atom stereocenters. The van der Waals surface area contributed by atoms with Gasteiger partial charge in [0.15, 0.2) is 0 Å². The largest absolute Gasteiger partial charge is 0.505 e. The van der Waals surface area contributed by atoms with E-state index in [2.05, 4.69) is 0 Å². The van der Waals surface area contributed by atoms with E-state index < -0.39 is 23.5 Å². The molecule has 156 valence electrons. The van der Waals surface area contributed by atoms with Gasteiger partial charge in [-0.25, -0.2) is 4.79 Å². The fourth-order valence-corrected chi connectivity index (χ4v) is 5.07. The second-order valence-corrected chi connectivity index (χ2v) is 8.82. The van der Waals surface area contributed by atoms with Gasteiger partial charge >= 0.3 is 12.1 Å². The fourth-order valence-electron chi connectivity index (χ4n) is 4.07. The summed E-state index contributed by atoms with van der Waals surface area (Å²) in [5, 5.41) is 10.2. The summed E-state index contributed by atoms with van der Waals surface area (Å²) >= 11 is 8.14. The molecular weight excluding hydrogens is 520 g/mol. The SMILES string of the molecule is COC(=O)c1ccc(C2(c3cc(Cl)c(O)c(I)c3)CCC(C(F)(F)F)CC2)cc1. The van der Waals surface area contributed by atoms with Gasteiger partial charge in [-0.1, -0.05) is 23.7 Å². The van der Waals surface area contributed by atoms with Crippen LogP contribution in [0.5, 0.6) is 5.75 Å². The van der Waals surface area contributed by atoms with Crippen LogP contribution in [0, 0.1) is 9.49 Å². The summed E-state index contributed by atoms with van der Waals surface area (Å²) < 4.78 is 45.0. The first kappa shape index (κ1) is 22.2. The Balaban J connectivity index is 2.07. The number of phenols is 1. The normalized spacial score (nSPS) is 22.3. The molecule has 1 N–H and O–H groups in total. The number of esters is 1. The Morgan fingerprint density at radius 2 is 1.76 bits per heavy atom. The van der Waals surface area contributed by atoms with Crippen molar-refractivity contribution >= 4 is 40.2 Å². The molecule has 3 nitrogen and oxygen atoms in total. The van der Waals surface area contributed by atoms with Crippen molar-refractivity contribution in [3.63, 3.8) is 0 Å². The number of methoxy groups -OCH3 is 1. The molecule has 1 saturated carbocycles. The summed E-state index contributed by atoms with van der Waals surface area (Å²) in [5.74, 6) is -1.86. The van der Waals surface area contributed by atoms with E-state index in [1.165, 1.54) is 7.11 Å². The lowest BCUT2D eigenvalue weighted by Crippen LogP contribution is -2.37. The number of hydrogen-bond acceptors (Lipinski definition) is 3. The summed E-state index contributed by atoms with van der Waals surface area (Å²) in [6.07, 6.45) is -3.66. The average molecular weight is 539 g/mol. The van der Waals surface area contributed by atoms with Crippen LogP contribution in [0.3, 0.4) is 0 Å². The van der Waals surface area contributed by atoms with Crippen LogP contribution >= 0.6 is 34.2 Å². The van der Waals surface area contributed by atoms with Crippen LogP contribution in [-0.2, 0) is 10.2 Å². The molecule has 0 radical (unpaired) electrons. The Kier molecular flexibility index (Phi) is 6.38. The number of carbonyl (C=O) groups is 1. The number of ether oxygens (including phenoxy) is 1. The third-order valence-corrected chi connectivity index (χ3v) is 6.84. The minimum Gasteiger partial charge on any atom is -0.505 e. The van der Waals surface area contributed by atoms with Gasteiger partial charge in [-0.3, -0.25) is 0 Å². The zero-order valence-corrected chi connectivity index (χ0v) is 18.4. The van der Waals surface area contributed by atoms with Crippen molar-refractivity contribution in [3.05, 3.63) is 61.7 Å². The summed E-state index contributed by atoms with van der Waals surface area (Å²) in [4.78, 5) is 11.7. The predicted molar refractivity (Wildman–Crippen MR) is 112 cm³/mol. The highest BCUT2D eigenvalue weighted by molar-refractivity contribution is 14.1. The van der Waals surface area contributed by atoms with Crippen molar-refractivity contribution in [2.24, 2.45) is 5.92 Å². The molecule has 1 aliphatic carbocycles. The average Bonchev–Trinajstić information content (AvgIpc) is 2.70. The first-order valence-corrected chi connectivity index (χ1v) is 10.5. The van der Waals surface area contributed by atoms with Crippen LogP contribution in [0.15, 0.2) is 36.4 Å². The van der Waals surface area contributed by atoms with Crippen LogP contribution in [-0.4, -0.2) is 24.4 Å². The molecule has 2 aromatic rings. The zero-order chi connectivity index (χ0) is 21.4. The minimum absolute atomic E-state index is 0.00265. The van der Waals surface area contributed by atoms with Gasteiger partial charge in [-0.15, -0.1) is 0 Å². The summed E-state index contributed by atoms with van der Waals surface area (Å²) in [6, 6.07) is 10.1. The van der Waals surface area contributed by atoms with Crippen molar-refractivity contribution in [2.75, 3.05) is 7.11 Å². The molecule has 0 saturated heterocycles. The van der Waals surface area contributed by atoms with E-state index in [9.17, 15) is 23.1 Å². The molecule has 0 amide bonds.